The number of amides is 1. The van der Waals surface area contributed by atoms with E-state index in [1.54, 1.807) is 24.0 Å². The van der Waals surface area contributed by atoms with Gasteiger partial charge in [-0.15, -0.1) is 0 Å². The van der Waals surface area contributed by atoms with Crippen LogP contribution in [0.1, 0.15) is 37.1 Å². The lowest BCUT2D eigenvalue weighted by Gasteiger charge is -2.32. The highest BCUT2D eigenvalue weighted by molar-refractivity contribution is 6.36. The first-order chi connectivity index (χ1) is 15.3. The van der Waals surface area contributed by atoms with E-state index in [0.29, 0.717) is 53.5 Å². The fraction of sp³-hybridized carbons (Fsp3) is 0.391. The quantitative estimate of drug-likeness (QED) is 0.534. The van der Waals surface area contributed by atoms with Crippen LogP contribution in [-0.4, -0.2) is 45.3 Å². The maximum absolute atomic E-state index is 12.0. The molecule has 3 N–H and O–H groups in total. The molecule has 7 nitrogen and oxygen atoms in total. The van der Waals surface area contributed by atoms with Gasteiger partial charge in [0.25, 0.3) is 0 Å². The largest absolute Gasteiger partial charge is 0.494 e. The molecule has 1 aromatic carbocycles. The number of likely N-dealkylation sites (tertiary alicyclic amines) is 1. The van der Waals surface area contributed by atoms with Crippen molar-refractivity contribution in [2.45, 2.75) is 39.3 Å². The van der Waals surface area contributed by atoms with Crippen LogP contribution in [0.25, 0.3) is 22.0 Å². The number of hydrogen-bond acceptors (Lipinski definition) is 5. The zero-order valence-corrected chi connectivity index (χ0v) is 19.6. The maximum Gasteiger partial charge on any atom is 0.409 e. The van der Waals surface area contributed by atoms with Crippen LogP contribution < -0.4 is 5.73 Å². The normalized spacial score (nSPS) is 14.8. The van der Waals surface area contributed by atoms with Crippen molar-refractivity contribution in [2.75, 3.05) is 19.7 Å². The third-order valence-corrected chi connectivity index (χ3v) is 6.60. The molecule has 0 radical (unpaired) electrons. The number of fused-ring (bicyclic) bond motifs is 1. The number of ether oxygens (including phenoxy) is 1. The SMILES string of the molecule is CCOC(=O)N1CCC(n2cc3nc(C)c(CN)c(-c4ccc(Cl)cc4Cl)c3c2O)CC1. The van der Waals surface area contributed by atoms with Gasteiger partial charge in [-0.2, -0.15) is 0 Å². The number of rotatable bonds is 4. The van der Waals surface area contributed by atoms with Crippen molar-refractivity contribution < 1.29 is 14.6 Å². The Labute approximate surface area is 196 Å². The van der Waals surface area contributed by atoms with E-state index < -0.39 is 0 Å². The Morgan fingerprint density at radius 3 is 2.66 bits per heavy atom. The number of hydrogen-bond donors (Lipinski definition) is 2. The van der Waals surface area contributed by atoms with Gasteiger partial charge in [0.2, 0.25) is 5.88 Å². The van der Waals surface area contributed by atoms with Gasteiger partial charge >= 0.3 is 6.09 Å². The summed E-state index contributed by atoms with van der Waals surface area (Å²) in [4.78, 5) is 18.4. The van der Waals surface area contributed by atoms with E-state index in [9.17, 15) is 9.90 Å². The minimum Gasteiger partial charge on any atom is -0.494 e. The zero-order chi connectivity index (χ0) is 23.0. The van der Waals surface area contributed by atoms with Gasteiger partial charge in [0, 0.05) is 58.7 Å². The molecule has 0 atom stereocenters. The molecule has 170 valence electrons. The van der Waals surface area contributed by atoms with Crippen LogP contribution in [0.15, 0.2) is 24.4 Å². The summed E-state index contributed by atoms with van der Waals surface area (Å²) in [5.74, 6) is 0.123. The molecule has 0 spiro atoms. The van der Waals surface area contributed by atoms with Gasteiger partial charge in [0.05, 0.1) is 17.5 Å². The molecule has 32 heavy (non-hydrogen) atoms. The number of benzene rings is 1. The molecule has 0 bridgehead atoms. The Bertz CT molecular complexity index is 1170. The Kier molecular flexibility index (Phi) is 6.51. The summed E-state index contributed by atoms with van der Waals surface area (Å²) in [5.41, 5.74) is 9.89. The van der Waals surface area contributed by atoms with Gasteiger partial charge in [-0.3, -0.25) is 4.98 Å². The molecule has 2 aromatic heterocycles. The van der Waals surface area contributed by atoms with Crippen molar-refractivity contribution in [1.82, 2.24) is 14.5 Å². The Morgan fingerprint density at radius 2 is 2.03 bits per heavy atom. The van der Waals surface area contributed by atoms with Crippen LogP contribution in [0.3, 0.4) is 0 Å². The molecule has 1 fully saturated rings. The number of aryl methyl sites for hydroxylation is 1. The van der Waals surface area contributed by atoms with Crippen molar-refractivity contribution in [3.8, 4) is 17.0 Å². The molecule has 0 saturated carbocycles. The van der Waals surface area contributed by atoms with E-state index in [1.165, 1.54) is 0 Å². The minimum atomic E-state index is -0.294. The topological polar surface area (TPSA) is 93.6 Å². The molecule has 1 aliphatic rings. The van der Waals surface area contributed by atoms with E-state index in [2.05, 4.69) is 0 Å². The second-order valence-electron chi connectivity index (χ2n) is 7.92. The van der Waals surface area contributed by atoms with Crippen LogP contribution in [0.4, 0.5) is 4.79 Å². The van der Waals surface area contributed by atoms with E-state index in [0.717, 1.165) is 22.4 Å². The lowest BCUT2D eigenvalue weighted by Crippen LogP contribution is -2.39. The number of aromatic nitrogens is 2. The summed E-state index contributed by atoms with van der Waals surface area (Å²) >= 11 is 12.6. The molecular weight excluding hydrogens is 451 g/mol. The predicted molar refractivity (Wildman–Crippen MR) is 126 cm³/mol. The highest BCUT2D eigenvalue weighted by Gasteiger charge is 2.28. The second kappa shape index (κ2) is 9.17. The van der Waals surface area contributed by atoms with Crippen molar-refractivity contribution in [3.05, 3.63) is 45.7 Å². The number of carbonyl (C=O) groups excluding carboxylic acids is 1. The molecule has 0 aliphatic carbocycles. The lowest BCUT2D eigenvalue weighted by molar-refractivity contribution is 0.0921. The third-order valence-electron chi connectivity index (χ3n) is 6.05. The molecule has 1 aliphatic heterocycles. The monoisotopic (exact) mass is 476 g/mol. The first kappa shape index (κ1) is 22.7. The van der Waals surface area contributed by atoms with Gasteiger partial charge in [-0.25, -0.2) is 4.79 Å². The third kappa shape index (κ3) is 4.00. The summed E-state index contributed by atoms with van der Waals surface area (Å²) in [6.07, 6.45) is 2.98. The van der Waals surface area contributed by atoms with Gasteiger partial charge in [-0.1, -0.05) is 29.3 Å². The van der Waals surface area contributed by atoms with Gasteiger partial charge < -0.3 is 25.0 Å². The fourth-order valence-corrected chi connectivity index (χ4v) is 4.97. The Morgan fingerprint density at radius 1 is 1.31 bits per heavy atom. The molecule has 4 rings (SSSR count). The molecule has 0 unspecified atom stereocenters. The Hall–Kier alpha value is -2.48. The van der Waals surface area contributed by atoms with Gasteiger partial charge in [-0.05, 0) is 44.4 Å². The molecule has 3 heterocycles. The fourth-order valence-electron chi connectivity index (χ4n) is 4.46. The van der Waals surface area contributed by atoms with E-state index in [-0.39, 0.29) is 24.6 Å². The van der Waals surface area contributed by atoms with Crippen molar-refractivity contribution in [3.63, 3.8) is 0 Å². The van der Waals surface area contributed by atoms with Crippen molar-refractivity contribution in [2.24, 2.45) is 5.73 Å². The maximum atomic E-state index is 12.0. The van der Waals surface area contributed by atoms with E-state index in [4.69, 9.17) is 38.7 Å². The van der Waals surface area contributed by atoms with E-state index in [1.807, 2.05) is 23.8 Å². The minimum absolute atomic E-state index is 0.0325. The average Bonchev–Trinajstić information content (AvgIpc) is 3.09. The smallest absolute Gasteiger partial charge is 0.409 e. The standard InChI is InChI=1S/C23H26Cl2N4O3/c1-3-32-23(31)28-8-6-15(7-9-28)29-12-19-21(22(29)30)20(17(11-26)13(2)27-19)16-5-4-14(24)10-18(16)25/h4-5,10,12,15,30H,3,6-9,11,26H2,1-2H3. The molecule has 1 amide bonds. The zero-order valence-electron chi connectivity index (χ0n) is 18.1. The summed E-state index contributed by atoms with van der Waals surface area (Å²) in [6, 6.07) is 5.32. The number of aromatic hydroxyl groups is 1. The number of pyridine rings is 1. The second-order valence-corrected chi connectivity index (χ2v) is 8.76. The van der Waals surface area contributed by atoms with Crippen molar-refractivity contribution in [1.29, 1.82) is 0 Å². The number of nitrogens with two attached hydrogens (primary N) is 1. The summed E-state index contributed by atoms with van der Waals surface area (Å²) < 4.78 is 6.96. The number of halogens is 2. The molecular formula is C23H26Cl2N4O3. The van der Waals surface area contributed by atoms with Gasteiger partial charge in [0.15, 0.2) is 0 Å². The first-order valence-corrected chi connectivity index (χ1v) is 11.4. The number of piperidine rings is 1. The summed E-state index contributed by atoms with van der Waals surface area (Å²) in [5, 5.41) is 12.9. The van der Waals surface area contributed by atoms with Crippen LogP contribution in [-0.2, 0) is 11.3 Å². The Balaban J connectivity index is 1.78. The molecule has 3 aromatic rings. The predicted octanol–water partition coefficient (Wildman–Crippen LogP) is 5.28. The lowest BCUT2D eigenvalue weighted by atomic mass is 9.95. The average molecular weight is 477 g/mol. The van der Waals surface area contributed by atoms with Crippen LogP contribution in [0, 0.1) is 6.92 Å². The summed E-state index contributed by atoms with van der Waals surface area (Å²) in [6.45, 7) is 5.44. The van der Waals surface area contributed by atoms with Gasteiger partial charge in [0.1, 0.15) is 0 Å². The number of nitrogens with zero attached hydrogens (tertiary/aromatic N) is 3. The number of carbonyl (C=O) groups is 1. The van der Waals surface area contributed by atoms with E-state index >= 15 is 0 Å². The first-order valence-electron chi connectivity index (χ1n) is 10.7. The van der Waals surface area contributed by atoms with Crippen molar-refractivity contribution >= 4 is 40.2 Å². The highest BCUT2D eigenvalue weighted by atomic mass is 35.5. The highest BCUT2D eigenvalue weighted by Crippen LogP contribution is 2.43. The molecule has 9 heteroatoms. The molecule has 1 saturated heterocycles. The van der Waals surface area contributed by atoms with Crippen LogP contribution in [0.2, 0.25) is 10.0 Å². The van der Waals surface area contributed by atoms with Crippen LogP contribution >= 0.6 is 23.2 Å². The van der Waals surface area contributed by atoms with Crippen LogP contribution in [0.5, 0.6) is 5.88 Å². The summed E-state index contributed by atoms with van der Waals surface area (Å²) in [7, 11) is 0.